The lowest BCUT2D eigenvalue weighted by atomic mass is 10.2. The van der Waals surface area contributed by atoms with Crippen LogP contribution in [0.1, 0.15) is 25.7 Å². The molecule has 1 N–H and O–H groups in total. The zero-order valence-corrected chi connectivity index (χ0v) is 10.8. The molecule has 0 amide bonds. The van der Waals surface area contributed by atoms with Crippen LogP contribution in [0.2, 0.25) is 0 Å². The fourth-order valence-electron chi connectivity index (χ4n) is 2.61. The number of rotatable bonds is 5. The second kappa shape index (κ2) is 4.50. The van der Waals surface area contributed by atoms with Gasteiger partial charge in [0.2, 0.25) is 10.0 Å². The van der Waals surface area contributed by atoms with Crippen molar-refractivity contribution in [1.82, 2.24) is 9.62 Å². The summed E-state index contributed by atoms with van der Waals surface area (Å²) in [4.78, 5) is 0. The Hall–Kier alpha value is -0.170. The standard InChI is InChI=1S/C11H20N2O3S/c14-17(15,6-5-12-9-1-2-9)13-7-10-3-4-11(8-13)16-10/h9-12H,1-8H2. The summed E-state index contributed by atoms with van der Waals surface area (Å²) in [6.07, 6.45) is 4.69. The van der Waals surface area contributed by atoms with Crippen molar-refractivity contribution < 1.29 is 13.2 Å². The lowest BCUT2D eigenvalue weighted by molar-refractivity contribution is -0.0114. The molecule has 2 heterocycles. The Kier molecular flexibility index (Phi) is 3.15. The first-order valence-corrected chi connectivity index (χ1v) is 8.11. The number of hydrogen-bond acceptors (Lipinski definition) is 4. The monoisotopic (exact) mass is 260 g/mol. The maximum atomic E-state index is 12.1. The van der Waals surface area contributed by atoms with Gasteiger partial charge in [-0.25, -0.2) is 8.42 Å². The first kappa shape index (κ1) is 11.9. The third kappa shape index (κ3) is 2.81. The van der Waals surface area contributed by atoms with Crippen LogP contribution in [0.15, 0.2) is 0 Å². The molecule has 5 nitrogen and oxygen atoms in total. The normalized spacial score (nSPS) is 34.1. The molecule has 3 aliphatic rings. The number of fused-ring (bicyclic) bond motifs is 2. The predicted molar refractivity (Wildman–Crippen MR) is 64.3 cm³/mol. The average molecular weight is 260 g/mol. The number of nitrogens with one attached hydrogen (secondary N) is 1. The zero-order chi connectivity index (χ0) is 11.9. The maximum Gasteiger partial charge on any atom is 0.215 e. The van der Waals surface area contributed by atoms with Gasteiger partial charge in [0, 0.05) is 25.7 Å². The van der Waals surface area contributed by atoms with Crippen LogP contribution in [0.25, 0.3) is 0 Å². The molecule has 2 saturated heterocycles. The van der Waals surface area contributed by atoms with Crippen LogP contribution in [0.4, 0.5) is 0 Å². The van der Waals surface area contributed by atoms with E-state index in [0.29, 0.717) is 25.7 Å². The van der Waals surface area contributed by atoms with Gasteiger partial charge in [-0.05, 0) is 25.7 Å². The molecule has 0 radical (unpaired) electrons. The van der Waals surface area contributed by atoms with Crippen LogP contribution >= 0.6 is 0 Å². The van der Waals surface area contributed by atoms with Gasteiger partial charge in [-0.1, -0.05) is 0 Å². The van der Waals surface area contributed by atoms with Crippen molar-refractivity contribution in [1.29, 1.82) is 0 Å². The summed E-state index contributed by atoms with van der Waals surface area (Å²) in [5.74, 6) is 0.225. The average Bonchev–Trinajstić information content (AvgIpc) is 3.04. The Morgan fingerprint density at radius 3 is 2.35 bits per heavy atom. The number of sulfonamides is 1. The Morgan fingerprint density at radius 1 is 1.12 bits per heavy atom. The van der Waals surface area contributed by atoms with Crippen molar-refractivity contribution in [2.75, 3.05) is 25.4 Å². The van der Waals surface area contributed by atoms with E-state index in [1.54, 1.807) is 4.31 Å². The van der Waals surface area contributed by atoms with Gasteiger partial charge in [0.15, 0.2) is 0 Å². The number of nitrogens with zero attached hydrogens (tertiary/aromatic N) is 1. The predicted octanol–water partition coefficient (Wildman–Crippen LogP) is -0.0686. The highest BCUT2D eigenvalue weighted by Crippen LogP contribution is 2.27. The van der Waals surface area contributed by atoms with E-state index in [1.165, 1.54) is 12.8 Å². The van der Waals surface area contributed by atoms with Crippen LogP contribution in [-0.4, -0.2) is 56.4 Å². The van der Waals surface area contributed by atoms with E-state index in [2.05, 4.69) is 5.32 Å². The summed E-state index contributed by atoms with van der Waals surface area (Å²) >= 11 is 0. The molecule has 2 unspecified atom stereocenters. The summed E-state index contributed by atoms with van der Waals surface area (Å²) < 4.78 is 31.6. The van der Waals surface area contributed by atoms with Crippen molar-refractivity contribution in [3.05, 3.63) is 0 Å². The van der Waals surface area contributed by atoms with Crippen LogP contribution in [-0.2, 0) is 14.8 Å². The van der Waals surface area contributed by atoms with Gasteiger partial charge in [0.1, 0.15) is 0 Å². The highest BCUT2D eigenvalue weighted by Gasteiger charge is 2.38. The fraction of sp³-hybridized carbons (Fsp3) is 1.00. The Morgan fingerprint density at radius 2 is 1.76 bits per heavy atom. The lowest BCUT2D eigenvalue weighted by Gasteiger charge is -2.31. The molecule has 1 aliphatic carbocycles. The van der Waals surface area contributed by atoms with Crippen molar-refractivity contribution in [3.63, 3.8) is 0 Å². The summed E-state index contributed by atoms with van der Waals surface area (Å²) in [6.45, 7) is 1.70. The highest BCUT2D eigenvalue weighted by atomic mass is 32.2. The van der Waals surface area contributed by atoms with E-state index in [1.807, 2.05) is 0 Å². The minimum Gasteiger partial charge on any atom is -0.372 e. The molecule has 0 aromatic carbocycles. The van der Waals surface area contributed by atoms with Gasteiger partial charge in [-0.3, -0.25) is 0 Å². The number of ether oxygens (including phenoxy) is 1. The van der Waals surface area contributed by atoms with Gasteiger partial charge >= 0.3 is 0 Å². The van der Waals surface area contributed by atoms with E-state index in [4.69, 9.17) is 4.74 Å². The molecule has 17 heavy (non-hydrogen) atoms. The minimum absolute atomic E-state index is 0.139. The Balaban J connectivity index is 1.54. The molecular weight excluding hydrogens is 240 g/mol. The molecule has 6 heteroatoms. The molecule has 3 rings (SSSR count). The van der Waals surface area contributed by atoms with E-state index < -0.39 is 10.0 Å². The van der Waals surface area contributed by atoms with Crippen molar-refractivity contribution >= 4 is 10.0 Å². The molecule has 3 fully saturated rings. The summed E-state index contributed by atoms with van der Waals surface area (Å²) in [6, 6.07) is 0.575. The van der Waals surface area contributed by atoms with Gasteiger partial charge in [0.05, 0.1) is 18.0 Å². The molecule has 0 spiro atoms. The molecule has 2 bridgehead atoms. The number of morpholine rings is 1. The SMILES string of the molecule is O=S(=O)(CCNC1CC1)N1CC2CCC(C1)O2. The van der Waals surface area contributed by atoms with Crippen molar-refractivity contribution in [3.8, 4) is 0 Å². The summed E-state index contributed by atoms with van der Waals surface area (Å²) in [5, 5.41) is 3.25. The lowest BCUT2D eigenvalue weighted by Crippen LogP contribution is -2.47. The van der Waals surface area contributed by atoms with Crippen LogP contribution in [0, 0.1) is 0 Å². The van der Waals surface area contributed by atoms with E-state index in [-0.39, 0.29) is 18.0 Å². The van der Waals surface area contributed by atoms with Gasteiger partial charge < -0.3 is 10.1 Å². The highest BCUT2D eigenvalue weighted by molar-refractivity contribution is 7.89. The maximum absolute atomic E-state index is 12.1. The van der Waals surface area contributed by atoms with E-state index >= 15 is 0 Å². The smallest absolute Gasteiger partial charge is 0.215 e. The fourth-order valence-corrected chi connectivity index (χ4v) is 4.03. The quantitative estimate of drug-likeness (QED) is 0.752. The summed E-state index contributed by atoms with van der Waals surface area (Å²) in [5.41, 5.74) is 0. The second-order valence-corrected chi connectivity index (χ2v) is 7.41. The van der Waals surface area contributed by atoms with Crippen LogP contribution in [0.5, 0.6) is 0 Å². The van der Waals surface area contributed by atoms with Crippen LogP contribution < -0.4 is 5.32 Å². The Bertz CT molecular complexity index is 368. The van der Waals surface area contributed by atoms with Crippen molar-refractivity contribution in [2.45, 2.75) is 43.9 Å². The molecule has 2 atom stereocenters. The summed E-state index contributed by atoms with van der Waals surface area (Å²) in [7, 11) is -3.09. The van der Waals surface area contributed by atoms with E-state index in [9.17, 15) is 8.42 Å². The molecule has 2 aliphatic heterocycles. The van der Waals surface area contributed by atoms with Gasteiger partial charge in [0.25, 0.3) is 0 Å². The van der Waals surface area contributed by atoms with Gasteiger partial charge in [-0.2, -0.15) is 4.31 Å². The third-order valence-corrected chi connectivity index (χ3v) is 5.58. The molecule has 0 aromatic heterocycles. The van der Waals surface area contributed by atoms with Gasteiger partial charge in [-0.15, -0.1) is 0 Å². The Labute approximate surface area is 103 Å². The first-order valence-electron chi connectivity index (χ1n) is 6.50. The third-order valence-electron chi connectivity index (χ3n) is 3.77. The molecular formula is C11H20N2O3S. The molecule has 1 saturated carbocycles. The minimum atomic E-state index is -3.09. The zero-order valence-electron chi connectivity index (χ0n) is 9.97. The van der Waals surface area contributed by atoms with E-state index in [0.717, 1.165) is 12.8 Å². The topological polar surface area (TPSA) is 58.6 Å². The first-order chi connectivity index (χ1) is 8.13. The van der Waals surface area contributed by atoms with Crippen LogP contribution in [0.3, 0.4) is 0 Å². The molecule has 98 valence electrons. The van der Waals surface area contributed by atoms with Crippen molar-refractivity contribution in [2.24, 2.45) is 0 Å². The number of hydrogen-bond donors (Lipinski definition) is 1. The molecule has 0 aromatic rings. The largest absolute Gasteiger partial charge is 0.372 e. The second-order valence-electron chi connectivity index (χ2n) is 5.32.